The Morgan fingerprint density at radius 1 is 1.28 bits per heavy atom. The van der Waals surface area contributed by atoms with Gasteiger partial charge in [-0.1, -0.05) is 39.7 Å². The van der Waals surface area contributed by atoms with Crippen LogP contribution in [0, 0.1) is 0 Å². The number of fused-ring (bicyclic) bond motifs is 1. The molecule has 1 atom stereocenters. The summed E-state index contributed by atoms with van der Waals surface area (Å²) in [5.74, 6) is 0. The molecule has 1 aromatic heterocycles. The van der Waals surface area contributed by atoms with E-state index >= 15 is 0 Å². The van der Waals surface area contributed by atoms with Gasteiger partial charge in [0.1, 0.15) is 5.60 Å². The van der Waals surface area contributed by atoms with Crippen LogP contribution in [0.4, 0.5) is 4.79 Å². The third-order valence-electron chi connectivity index (χ3n) is 4.15. The second-order valence-corrected chi connectivity index (χ2v) is 8.92. The lowest BCUT2D eigenvalue weighted by Crippen LogP contribution is -2.38. The van der Waals surface area contributed by atoms with Gasteiger partial charge in [-0.25, -0.2) is 9.78 Å². The minimum absolute atomic E-state index is 0.138. The number of aromatic nitrogens is 2. The summed E-state index contributed by atoms with van der Waals surface area (Å²) in [4.78, 5) is 29.7. The maximum atomic E-state index is 13.1. The predicted molar refractivity (Wildman–Crippen MR) is 118 cm³/mol. The molecule has 3 aromatic rings. The highest BCUT2D eigenvalue weighted by Gasteiger charge is 2.21. The smallest absolute Gasteiger partial charge is 0.407 e. The number of halogens is 2. The first-order valence-electron chi connectivity index (χ1n) is 9.03. The highest BCUT2D eigenvalue weighted by Crippen LogP contribution is 2.22. The number of nitrogens with one attached hydrogen (secondary N) is 1. The van der Waals surface area contributed by atoms with E-state index in [2.05, 4.69) is 26.2 Å². The molecule has 0 spiro atoms. The van der Waals surface area contributed by atoms with Crippen LogP contribution in [0.25, 0.3) is 10.9 Å². The van der Waals surface area contributed by atoms with E-state index in [0.717, 1.165) is 10.0 Å². The molecule has 2 aromatic carbocycles. The van der Waals surface area contributed by atoms with Crippen molar-refractivity contribution in [3.05, 3.63) is 74.2 Å². The van der Waals surface area contributed by atoms with Gasteiger partial charge in [-0.15, -0.1) is 0 Å². The van der Waals surface area contributed by atoms with Crippen LogP contribution in [0.5, 0.6) is 0 Å². The van der Waals surface area contributed by atoms with Crippen LogP contribution in [0.2, 0.25) is 5.02 Å². The normalized spacial score (nSPS) is 12.6. The van der Waals surface area contributed by atoms with Crippen molar-refractivity contribution in [3.8, 4) is 0 Å². The van der Waals surface area contributed by atoms with Crippen molar-refractivity contribution in [3.63, 3.8) is 0 Å². The SMILES string of the molecule is CC(C)(C)OC(=O)NCC(c1cccc(Cl)c1)n1cnc2cc(Br)ccc2c1=O. The fourth-order valence-corrected chi connectivity index (χ4v) is 3.46. The molecule has 29 heavy (non-hydrogen) atoms. The van der Waals surface area contributed by atoms with Gasteiger partial charge in [0.05, 0.1) is 23.3 Å². The van der Waals surface area contributed by atoms with Crippen molar-refractivity contribution in [2.75, 3.05) is 6.54 Å². The summed E-state index contributed by atoms with van der Waals surface area (Å²) >= 11 is 9.55. The minimum atomic E-state index is -0.621. The Hall–Kier alpha value is -2.38. The van der Waals surface area contributed by atoms with Crippen LogP contribution in [-0.2, 0) is 4.74 Å². The standard InChI is InChI=1S/C21H21BrClN3O3/c1-21(2,3)29-20(28)24-11-18(13-5-4-6-15(23)9-13)26-12-25-17-10-14(22)7-8-16(17)19(26)27/h4-10,12,18H,11H2,1-3H3,(H,24,28). The van der Waals surface area contributed by atoms with E-state index in [9.17, 15) is 9.59 Å². The van der Waals surface area contributed by atoms with Gasteiger partial charge in [-0.2, -0.15) is 0 Å². The Labute approximate surface area is 182 Å². The van der Waals surface area contributed by atoms with Gasteiger partial charge in [0.2, 0.25) is 0 Å². The van der Waals surface area contributed by atoms with Crippen LogP contribution in [-0.4, -0.2) is 27.8 Å². The molecule has 1 N–H and O–H groups in total. The second-order valence-electron chi connectivity index (χ2n) is 7.57. The van der Waals surface area contributed by atoms with Gasteiger partial charge >= 0.3 is 6.09 Å². The number of ether oxygens (including phenoxy) is 1. The molecule has 0 saturated heterocycles. The molecule has 1 heterocycles. The fourth-order valence-electron chi connectivity index (χ4n) is 2.92. The number of hydrogen-bond acceptors (Lipinski definition) is 4. The zero-order valence-electron chi connectivity index (χ0n) is 16.3. The molecule has 0 radical (unpaired) electrons. The zero-order chi connectivity index (χ0) is 21.2. The van der Waals surface area contributed by atoms with Gasteiger partial charge in [0, 0.05) is 16.0 Å². The molecule has 0 fully saturated rings. The topological polar surface area (TPSA) is 73.2 Å². The van der Waals surface area contributed by atoms with E-state index in [-0.39, 0.29) is 12.1 Å². The molecule has 3 rings (SSSR count). The molecule has 0 saturated carbocycles. The first kappa shape index (κ1) is 21.3. The summed E-state index contributed by atoms with van der Waals surface area (Å²) in [5.41, 5.74) is 0.530. The van der Waals surface area contributed by atoms with Gasteiger partial charge in [0.25, 0.3) is 5.56 Å². The first-order chi connectivity index (χ1) is 13.6. The predicted octanol–water partition coefficient (Wildman–Crippen LogP) is 4.93. The number of alkyl carbamates (subject to hydrolysis) is 1. The number of benzene rings is 2. The molecule has 0 bridgehead atoms. The van der Waals surface area contributed by atoms with Gasteiger partial charge < -0.3 is 10.1 Å². The third-order valence-corrected chi connectivity index (χ3v) is 4.88. The van der Waals surface area contributed by atoms with Crippen molar-refractivity contribution in [1.82, 2.24) is 14.9 Å². The number of carbonyl (C=O) groups is 1. The fraction of sp³-hybridized carbons (Fsp3) is 0.286. The van der Waals surface area contributed by atoms with E-state index in [1.807, 2.05) is 6.07 Å². The first-order valence-corrected chi connectivity index (χ1v) is 10.2. The van der Waals surface area contributed by atoms with Crippen LogP contribution in [0.15, 0.2) is 58.1 Å². The summed E-state index contributed by atoms with van der Waals surface area (Å²) in [6, 6.07) is 12.0. The Balaban J connectivity index is 2.00. The van der Waals surface area contributed by atoms with Crippen molar-refractivity contribution < 1.29 is 9.53 Å². The van der Waals surface area contributed by atoms with Crippen LogP contribution >= 0.6 is 27.5 Å². The zero-order valence-corrected chi connectivity index (χ0v) is 18.6. The second kappa shape index (κ2) is 8.55. The summed E-state index contributed by atoms with van der Waals surface area (Å²) in [6.07, 6.45) is 0.926. The maximum Gasteiger partial charge on any atom is 0.407 e. The molecule has 1 unspecified atom stereocenters. The minimum Gasteiger partial charge on any atom is -0.444 e. The van der Waals surface area contributed by atoms with E-state index < -0.39 is 17.7 Å². The molecule has 1 amide bonds. The summed E-state index contributed by atoms with van der Waals surface area (Å²) in [5, 5.41) is 3.76. The van der Waals surface area contributed by atoms with Gasteiger partial charge in [-0.05, 0) is 56.7 Å². The van der Waals surface area contributed by atoms with Gasteiger partial charge in [-0.3, -0.25) is 9.36 Å². The molecular formula is C21H21BrClN3O3. The lowest BCUT2D eigenvalue weighted by Gasteiger charge is -2.23. The van der Waals surface area contributed by atoms with E-state index in [1.165, 1.54) is 10.9 Å². The number of nitrogens with zero attached hydrogens (tertiary/aromatic N) is 2. The highest BCUT2D eigenvalue weighted by atomic mass is 79.9. The van der Waals surface area contributed by atoms with E-state index in [1.54, 1.807) is 57.2 Å². The lowest BCUT2D eigenvalue weighted by atomic mass is 10.1. The molecule has 0 aliphatic rings. The Morgan fingerprint density at radius 2 is 2.03 bits per heavy atom. The van der Waals surface area contributed by atoms with Crippen LogP contribution in [0.1, 0.15) is 32.4 Å². The Morgan fingerprint density at radius 3 is 2.72 bits per heavy atom. The molecular weight excluding hydrogens is 458 g/mol. The van der Waals surface area contributed by atoms with Crippen molar-refractivity contribution in [1.29, 1.82) is 0 Å². The summed E-state index contributed by atoms with van der Waals surface area (Å²) < 4.78 is 7.65. The average Bonchev–Trinajstić information content (AvgIpc) is 2.62. The average molecular weight is 479 g/mol. The maximum absolute atomic E-state index is 13.1. The number of rotatable bonds is 4. The quantitative estimate of drug-likeness (QED) is 0.577. The Kier molecular flexibility index (Phi) is 6.29. The van der Waals surface area contributed by atoms with Crippen LogP contribution < -0.4 is 10.9 Å². The molecule has 152 valence electrons. The number of carbonyl (C=O) groups excluding carboxylic acids is 1. The van der Waals surface area contributed by atoms with Gasteiger partial charge in [0.15, 0.2) is 0 Å². The summed E-state index contributed by atoms with van der Waals surface area (Å²) in [6.45, 7) is 5.50. The third kappa shape index (κ3) is 5.36. The number of amides is 1. The molecule has 0 aliphatic heterocycles. The summed E-state index contributed by atoms with van der Waals surface area (Å²) in [7, 11) is 0. The highest BCUT2D eigenvalue weighted by molar-refractivity contribution is 9.10. The van der Waals surface area contributed by atoms with Crippen molar-refractivity contribution in [2.45, 2.75) is 32.4 Å². The molecule has 0 aliphatic carbocycles. The monoisotopic (exact) mass is 477 g/mol. The Bertz CT molecular complexity index is 1110. The van der Waals surface area contributed by atoms with Crippen molar-refractivity contribution >= 4 is 44.5 Å². The molecule has 8 heteroatoms. The van der Waals surface area contributed by atoms with Crippen molar-refractivity contribution in [2.24, 2.45) is 0 Å². The van der Waals surface area contributed by atoms with Crippen LogP contribution in [0.3, 0.4) is 0 Å². The largest absolute Gasteiger partial charge is 0.444 e. The van der Waals surface area contributed by atoms with E-state index in [0.29, 0.717) is 15.9 Å². The van der Waals surface area contributed by atoms with E-state index in [4.69, 9.17) is 16.3 Å². The number of hydrogen-bond donors (Lipinski definition) is 1. The lowest BCUT2D eigenvalue weighted by molar-refractivity contribution is 0.0522. The molecule has 6 nitrogen and oxygen atoms in total.